The number of carboxylic acids is 2. The number of hydrogen-bond acceptors (Lipinski definition) is 6. The van der Waals surface area contributed by atoms with Crippen LogP contribution in [0, 0.1) is 21.4 Å². The maximum absolute atomic E-state index is 10.9. The number of rotatable bonds is 6. The Morgan fingerprint density at radius 2 is 1.85 bits per heavy atom. The first-order valence-electron chi connectivity index (χ1n) is 5.22. The molecule has 0 aliphatic rings. The van der Waals surface area contributed by atoms with E-state index in [1.807, 2.05) is 0 Å². The molecule has 1 rings (SSSR count). The second-order valence-electron chi connectivity index (χ2n) is 3.72. The molecule has 9 heteroatoms. The topological polar surface area (TPSA) is 145 Å². The molecule has 0 radical (unpaired) electrons. The summed E-state index contributed by atoms with van der Waals surface area (Å²) < 4.78 is 0. The fraction of sp³-hybridized carbons (Fsp3) is 0.182. The lowest BCUT2D eigenvalue weighted by Crippen LogP contribution is -2.34. The summed E-state index contributed by atoms with van der Waals surface area (Å²) >= 11 is 0. The summed E-state index contributed by atoms with van der Waals surface area (Å²) in [7, 11) is 0. The van der Waals surface area contributed by atoms with Gasteiger partial charge in [0.2, 0.25) is 0 Å². The molecular formula is C11H9N3O6. The molecule has 1 aromatic carbocycles. The van der Waals surface area contributed by atoms with E-state index < -0.39 is 35.6 Å². The maximum atomic E-state index is 10.9. The lowest BCUT2D eigenvalue weighted by Gasteiger charge is -2.20. The van der Waals surface area contributed by atoms with E-state index in [-0.39, 0.29) is 11.3 Å². The highest BCUT2D eigenvalue weighted by atomic mass is 16.6. The summed E-state index contributed by atoms with van der Waals surface area (Å²) in [5.74, 6) is -2.69. The van der Waals surface area contributed by atoms with Gasteiger partial charge in [-0.3, -0.25) is 19.7 Å². The molecule has 0 bridgehead atoms. The van der Waals surface area contributed by atoms with Gasteiger partial charge in [0.05, 0.1) is 16.6 Å². The fourth-order valence-corrected chi connectivity index (χ4v) is 1.55. The van der Waals surface area contributed by atoms with Crippen molar-refractivity contribution >= 4 is 23.3 Å². The molecule has 0 aliphatic heterocycles. The number of nitro groups is 1. The summed E-state index contributed by atoms with van der Waals surface area (Å²) in [5, 5.41) is 37.2. The van der Waals surface area contributed by atoms with Crippen molar-refractivity contribution in [1.29, 1.82) is 5.26 Å². The number of hydrogen-bond donors (Lipinski definition) is 2. The Bertz CT molecular complexity index is 591. The van der Waals surface area contributed by atoms with Crippen LogP contribution in [0.25, 0.3) is 0 Å². The lowest BCUT2D eigenvalue weighted by atomic mass is 10.1. The van der Waals surface area contributed by atoms with E-state index in [1.54, 1.807) is 6.07 Å². The minimum atomic E-state index is -1.34. The summed E-state index contributed by atoms with van der Waals surface area (Å²) in [6.45, 7) is -1.47. The molecule has 0 unspecified atom stereocenters. The van der Waals surface area contributed by atoms with Crippen LogP contribution in [-0.4, -0.2) is 40.2 Å². The summed E-state index contributed by atoms with van der Waals surface area (Å²) in [4.78, 5) is 32.4. The highest BCUT2D eigenvalue weighted by molar-refractivity contribution is 5.82. The fourth-order valence-electron chi connectivity index (χ4n) is 1.55. The van der Waals surface area contributed by atoms with Crippen LogP contribution in [0.15, 0.2) is 18.2 Å². The van der Waals surface area contributed by atoms with Crippen molar-refractivity contribution in [3.63, 3.8) is 0 Å². The Morgan fingerprint density at radius 1 is 1.30 bits per heavy atom. The number of carbonyl (C=O) groups is 2. The number of nitrogens with zero attached hydrogens (tertiary/aromatic N) is 3. The standard InChI is InChI=1S/C11H9N3O6/c12-4-7-1-2-8(14(19)20)9(3-7)13(5-10(15)16)6-11(17)18/h1-3H,5-6H2,(H,15,16)(H,17,18). The SMILES string of the molecule is N#Cc1ccc([N+](=O)[O-])c(N(CC(=O)O)CC(=O)O)c1. The summed E-state index contributed by atoms with van der Waals surface area (Å²) in [5.41, 5.74) is -0.628. The Labute approximate surface area is 112 Å². The van der Waals surface area contributed by atoms with Crippen LogP contribution in [0.4, 0.5) is 11.4 Å². The van der Waals surface area contributed by atoms with E-state index in [9.17, 15) is 19.7 Å². The van der Waals surface area contributed by atoms with Crippen molar-refractivity contribution in [2.24, 2.45) is 0 Å². The van der Waals surface area contributed by atoms with Crippen LogP contribution in [0.3, 0.4) is 0 Å². The Hall–Kier alpha value is -3.15. The Morgan fingerprint density at radius 3 is 2.25 bits per heavy atom. The maximum Gasteiger partial charge on any atom is 0.323 e. The van der Waals surface area contributed by atoms with Crippen molar-refractivity contribution in [2.45, 2.75) is 0 Å². The Balaban J connectivity index is 3.35. The molecule has 2 N–H and O–H groups in total. The van der Waals surface area contributed by atoms with Gasteiger partial charge in [-0.15, -0.1) is 0 Å². The lowest BCUT2D eigenvalue weighted by molar-refractivity contribution is -0.384. The van der Waals surface area contributed by atoms with Crippen LogP contribution in [0.2, 0.25) is 0 Å². The molecule has 0 atom stereocenters. The average Bonchev–Trinajstić information content (AvgIpc) is 2.36. The van der Waals surface area contributed by atoms with Crippen LogP contribution in [-0.2, 0) is 9.59 Å². The van der Waals surface area contributed by atoms with E-state index in [1.165, 1.54) is 6.07 Å². The molecule has 104 valence electrons. The van der Waals surface area contributed by atoms with Crippen molar-refractivity contribution in [1.82, 2.24) is 0 Å². The first-order chi connectivity index (χ1) is 9.35. The highest BCUT2D eigenvalue weighted by Gasteiger charge is 2.23. The first kappa shape index (κ1) is 14.9. The largest absolute Gasteiger partial charge is 0.480 e. The molecule has 0 aromatic heterocycles. The van der Waals surface area contributed by atoms with E-state index in [4.69, 9.17) is 15.5 Å². The molecule has 0 aliphatic carbocycles. The van der Waals surface area contributed by atoms with Crippen molar-refractivity contribution < 1.29 is 24.7 Å². The number of aliphatic carboxylic acids is 2. The monoisotopic (exact) mass is 279 g/mol. The van der Waals surface area contributed by atoms with Crippen LogP contribution in [0.1, 0.15) is 5.56 Å². The third kappa shape index (κ3) is 3.67. The zero-order valence-electron chi connectivity index (χ0n) is 10.0. The summed E-state index contributed by atoms with van der Waals surface area (Å²) in [6.07, 6.45) is 0. The predicted octanol–water partition coefficient (Wildman–Crippen LogP) is 0.442. The minimum Gasteiger partial charge on any atom is -0.480 e. The summed E-state index contributed by atoms with van der Waals surface area (Å²) in [6, 6.07) is 5.07. The molecule has 0 fully saturated rings. The van der Waals surface area contributed by atoms with Gasteiger partial charge in [0, 0.05) is 6.07 Å². The molecule has 20 heavy (non-hydrogen) atoms. The van der Waals surface area contributed by atoms with Gasteiger partial charge >= 0.3 is 11.9 Å². The quantitative estimate of drug-likeness (QED) is 0.563. The van der Waals surface area contributed by atoms with Gasteiger partial charge in [0.25, 0.3) is 5.69 Å². The van der Waals surface area contributed by atoms with Crippen LogP contribution in [0.5, 0.6) is 0 Å². The van der Waals surface area contributed by atoms with Crippen molar-refractivity contribution in [3.05, 3.63) is 33.9 Å². The van der Waals surface area contributed by atoms with E-state index in [0.717, 1.165) is 17.0 Å². The molecular weight excluding hydrogens is 270 g/mol. The predicted molar refractivity (Wildman–Crippen MR) is 65.3 cm³/mol. The molecule has 0 spiro atoms. The normalized spacial score (nSPS) is 9.55. The zero-order valence-corrected chi connectivity index (χ0v) is 10.0. The van der Waals surface area contributed by atoms with Crippen molar-refractivity contribution in [3.8, 4) is 6.07 Å². The van der Waals surface area contributed by atoms with Crippen molar-refractivity contribution in [2.75, 3.05) is 18.0 Å². The molecule has 0 saturated carbocycles. The second-order valence-corrected chi connectivity index (χ2v) is 3.72. The number of carboxylic acid groups (broad SMARTS) is 2. The third-order valence-electron chi connectivity index (χ3n) is 2.29. The molecule has 1 aromatic rings. The molecule has 0 amide bonds. The zero-order chi connectivity index (χ0) is 15.3. The third-order valence-corrected chi connectivity index (χ3v) is 2.29. The van der Waals surface area contributed by atoms with Gasteiger partial charge in [-0.05, 0) is 12.1 Å². The minimum absolute atomic E-state index is 0.0615. The first-order valence-corrected chi connectivity index (χ1v) is 5.22. The number of nitro benzene ring substituents is 1. The number of anilines is 1. The number of nitriles is 1. The van der Waals surface area contributed by atoms with Gasteiger partial charge in [0.1, 0.15) is 18.8 Å². The van der Waals surface area contributed by atoms with Crippen LogP contribution < -0.4 is 4.90 Å². The Kier molecular flexibility index (Phi) is 4.58. The van der Waals surface area contributed by atoms with E-state index in [2.05, 4.69) is 0 Å². The molecule has 0 heterocycles. The van der Waals surface area contributed by atoms with Gasteiger partial charge in [-0.1, -0.05) is 0 Å². The van der Waals surface area contributed by atoms with Gasteiger partial charge < -0.3 is 15.1 Å². The van der Waals surface area contributed by atoms with E-state index >= 15 is 0 Å². The smallest absolute Gasteiger partial charge is 0.323 e. The number of benzene rings is 1. The highest BCUT2D eigenvalue weighted by Crippen LogP contribution is 2.29. The van der Waals surface area contributed by atoms with Gasteiger partial charge in [-0.2, -0.15) is 5.26 Å². The van der Waals surface area contributed by atoms with E-state index in [0.29, 0.717) is 0 Å². The average molecular weight is 279 g/mol. The van der Waals surface area contributed by atoms with Gasteiger partial charge in [0.15, 0.2) is 0 Å². The second kappa shape index (κ2) is 6.14. The molecule has 0 saturated heterocycles. The van der Waals surface area contributed by atoms with Crippen LogP contribution >= 0.6 is 0 Å². The van der Waals surface area contributed by atoms with Gasteiger partial charge in [-0.25, -0.2) is 0 Å². The molecule has 9 nitrogen and oxygen atoms in total.